The Labute approximate surface area is 234 Å². The molecule has 4 heterocycles. The molecule has 2 N–H and O–H groups in total. The molecule has 12 nitrogen and oxygen atoms in total. The Balaban J connectivity index is 1.55. The van der Waals surface area contributed by atoms with Crippen LogP contribution >= 0.6 is 0 Å². The van der Waals surface area contributed by atoms with E-state index in [0.29, 0.717) is 34.5 Å². The van der Waals surface area contributed by atoms with E-state index < -0.39 is 41.9 Å². The maximum Gasteiger partial charge on any atom is 0.355 e. The molecule has 3 aromatic rings. The van der Waals surface area contributed by atoms with E-state index in [1.807, 2.05) is 28.8 Å². The predicted octanol–water partition coefficient (Wildman–Crippen LogP) is 1.74. The van der Waals surface area contributed by atoms with Crippen molar-refractivity contribution in [3.05, 3.63) is 58.6 Å². The summed E-state index contributed by atoms with van der Waals surface area (Å²) in [7, 11) is 1.61. The number of carbonyl (C=O) groups excluding carboxylic acids is 4. The number of ether oxygens (including phenoxy) is 2. The maximum absolute atomic E-state index is 13.3. The van der Waals surface area contributed by atoms with Crippen molar-refractivity contribution in [2.24, 2.45) is 4.99 Å². The van der Waals surface area contributed by atoms with Gasteiger partial charge in [0.2, 0.25) is 11.5 Å². The van der Waals surface area contributed by atoms with E-state index in [-0.39, 0.29) is 25.2 Å². The van der Waals surface area contributed by atoms with Crippen LogP contribution in [0.3, 0.4) is 0 Å². The van der Waals surface area contributed by atoms with Gasteiger partial charge in [0.25, 0.3) is 0 Å². The van der Waals surface area contributed by atoms with Crippen LogP contribution in [0.15, 0.2) is 41.4 Å². The molecule has 2 aliphatic heterocycles. The number of aliphatic carboxylic acids is 1. The Hall–Kier alpha value is -4.87. The van der Waals surface area contributed by atoms with Gasteiger partial charge in [-0.05, 0) is 32.0 Å². The summed E-state index contributed by atoms with van der Waals surface area (Å²) in [5, 5.41) is 12.6. The summed E-state index contributed by atoms with van der Waals surface area (Å²) in [5.74, 6) is -4.29. The summed E-state index contributed by atoms with van der Waals surface area (Å²) >= 11 is 0. The zero-order chi connectivity index (χ0) is 29.5. The monoisotopic (exact) mass is 560 g/mol. The topological polar surface area (TPSA) is 166 Å². The number of amides is 1. The fourth-order valence-corrected chi connectivity index (χ4v) is 5.23. The Bertz CT molecular complexity index is 1710. The first-order chi connectivity index (χ1) is 19.5. The molecule has 2 aliphatic rings. The predicted molar refractivity (Wildman–Crippen MR) is 143 cm³/mol. The first-order valence-electron chi connectivity index (χ1n) is 13.0. The number of carbonyl (C=O) groups is 5. The van der Waals surface area contributed by atoms with Crippen LogP contribution in [0.4, 0.5) is 0 Å². The van der Waals surface area contributed by atoms with E-state index in [0.717, 1.165) is 16.5 Å². The molecule has 1 aromatic carbocycles. The number of carboxylic acid groups (broad SMARTS) is 1. The average Bonchev–Trinajstić information content (AvgIpc) is 3.28. The van der Waals surface area contributed by atoms with Gasteiger partial charge in [0.05, 0.1) is 29.9 Å². The molecule has 12 heteroatoms. The SMILES string of the molecule is CN=c1c2c(cc3n1Cc1cc4ccccc4nc1-3)C(C)(OC(=O)C(CC(=O)O)NC(=O)CCC(C)=O)C(=O)OC2. The lowest BCUT2D eigenvalue weighted by atomic mass is 9.89. The van der Waals surface area contributed by atoms with Crippen LogP contribution in [0, 0.1) is 0 Å². The number of hydrogen-bond donors (Lipinski definition) is 2. The van der Waals surface area contributed by atoms with Gasteiger partial charge in [0.15, 0.2) is 0 Å². The number of nitrogens with one attached hydrogen (secondary N) is 1. The number of ketones is 1. The number of rotatable bonds is 8. The molecular formula is C29H28N4O8. The fourth-order valence-electron chi connectivity index (χ4n) is 5.23. The van der Waals surface area contributed by atoms with Gasteiger partial charge in [-0.1, -0.05) is 18.2 Å². The Morgan fingerprint density at radius 1 is 1.22 bits per heavy atom. The zero-order valence-corrected chi connectivity index (χ0v) is 22.7. The summed E-state index contributed by atoms with van der Waals surface area (Å²) in [6.07, 6.45) is -1.09. The highest BCUT2D eigenvalue weighted by Gasteiger charge is 2.48. The quantitative estimate of drug-likeness (QED) is 0.305. The molecule has 0 saturated heterocycles. The number of benzene rings is 1. The summed E-state index contributed by atoms with van der Waals surface area (Å²) in [6.45, 7) is 3.05. The van der Waals surface area contributed by atoms with Crippen molar-refractivity contribution < 1.29 is 38.6 Å². The summed E-state index contributed by atoms with van der Waals surface area (Å²) < 4.78 is 13.1. The van der Waals surface area contributed by atoms with Crippen LogP contribution in [-0.2, 0) is 52.2 Å². The van der Waals surface area contributed by atoms with Crippen LogP contribution in [0.25, 0.3) is 22.3 Å². The molecule has 0 bridgehead atoms. The molecule has 2 unspecified atom stereocenters. The second-order valence-corrected chi connectivity index (χ2v) is 10.2. The standard InChI is InChI=1S/C29H28N4O8/c1-15(34)8-9-23(35)31-21(12-24(36)37)27(38)41-29(2)19-11-22-25-17(10-16-6-4-5-7-20(16)32-25)13-33(22)26(30-3)18(19)14-40-28(29)39/h4-7,10-11,21H,8-9,12-14H2,1-3H3,(H,31,35)(H,36,37). The van der Waals surface area contributed by atoms with Crippen molar-refractivity contribution in [1.29, 1.82) is 0 Å². The molecule has 2 atom stereocenters. The van der Waals surface area contributed by atoms with Gasteiger partial charge in [-0.3, -0.25) is 14.6 Å². The third kappa shape index (κ3) is 5.08. The number of pyridine rings is 2. The number of aromatic nitrogens is 2. The highest BCUT2D eigenvalue weighted by Crippen LogP contribution is 2.39. The molecule has 0 saturated carbocycles. The average molecular weight is 561 g/mol. The normalized spacial score (nSPS) is 18.1. The van der Waals surface area contributed by atoms with Gasteiger partial charge in [-0.2, -0.15) is 0 Å². The van der Waals surface area contributed by atoms with Gasteiger partial charge < -0.3 is 29.3 Å². The fraction of sp³-hybridized carbons (Fsp3) is 0.345. The van der Waals surface area contributed by atoms with Crippen molar-refractivity contribution in [2.45, 2.75) is 57.9 Å². The molecule has 0 radical (unpaired) electrons. The molecule has 212 valence electrons. The van der Waals surface area contributed by atoms with Gasteiger partial charge in [-0.25, -0.2) is 14.6 Å². The van der Waals surface area contributed by atoms with Crippen LogP contribution in [-0.4, -0.2) is 57.3 Å². The second-order valence-electron chi connectivity index (χ2n) is 10.2. The highest BCUT2D eigenvalue weighted by atomic mass is 16.6. The lowest BCUT2D eigenvalue weighted by molar-refractivity contribution is -0.188. The minimum Gasteiger partial charge on any atom is -0.481 e. The third-order valence-corrected chi connectivity index (χ3v) is 7.27. The molecule has 0 spiro atoms. The van der Waals surface area contributed by atoms with Gasteiger partial charge in [-0.15, -0.1) is 0 Å². The largest absolute Gasteiger partial charge is 0.481 e. The Kier molecular flexibility index (Phi) is 7.16. The van der Waals surface area contributed by atoms with Gasteiger partial charge in [0.1, 0.15) is 23.9 Å². The minimum atomic E-state index is -1.97. The second kappa shape index (κ2) is 10.6. The highest BCUT2D eigenvalue weighted by molar-refractivity contribution is 5.92. The Morgan fingerprint density at radius 3 is 2.68 bits per heavy atom. The molecule has 1 amide bonds. The van der Waals surface area contributed by atoms with Crippen molar-refractivity contribution in [3.8, 4) is 11.4 Å². The number of esters is 2. The van der Waals surface area contributed by atoms with E-state index >= 15 is 0 Å². The van der Waals surface area contributed by atoms with E-state index in [9.17, 15) is 29.1 Å². The summed E-state index contributed by atoms with van der Waals surface area (Å²) in [5.41, 5.74) is 2.52. The number of hydrogen-bond acceptors (Lipinski definition) is 9. The van der Waals surface area contributed by atoms with Crippen molar-refractivity contribution >= 4 is 40.5 Å². The number of cyclic esters (lactones) is 1. The lowest BCUT2D eigenvalue weighted by Gasteiger charge is -2.35. The summed E-state index contributed by atoms with van der Waals surface area (Å²) in [4.78, 5) is 70.9. The van der Waals surface area contributed by atoms with E-state index in [1.165, 1.54) is 13.8 Å². The molecular weight excluding hydrogens is 532 g/mol. The van der Waals surface area contributed by atoms with Crippen molar-refractivity contribution in [2.75, 3.05) is 7.05 Å². The van der Waals surface area contributed by atoms with Crippen LogP contribution in [0.2, 0.25) is 0 Å². The number of Topliss-reactive ketones (excluding diaryl/α,β-unsaturated/α-hetero) is 1. The van der Waals surface area contributed by atoms with Crippen molar-refractivity contribution in [1.82, 2.24) is 14.9 Å². The van der Waals surface area contributed by atoms with E-state index in [4.69, 9.17) is 14.5 Å². The van der Waals surface area contributed by atoms with Crippen LogP contribution < -0.4 is 10.8 Å². The van der Waals surface area contributed by atoms with Gasteiger partial charge >= 0.3 is 17.9 Å². The molecule has 2 aromatic heterocycles. The number of para-hydroxylation sites is 1. The Morgan fingerprint density at radius 2 is 1.98 bits per heavy atom. The number of carboxylic acids is 1. The van der Waals surface area contributed by atoms with E-state index in [1.54, 1.807) is 13.1 Å². The molecule has 0 fully saturated rings. The molecule has 0 aliphatic carbocycles. The smallest absolute Gasteiger partial charge is 0.355 e. The first kappa shape index (κ1) is 27.7. The minimum absolute atomic E-state index is 0.0744. The molecule has 41 heavy (non-hydrogen) atoms. The van der Waals surface area contributed by atoms with Crippen LogP contribution in [0.1, 0.15) is 49.8 Å². The zero-order valence-electron chi connectivity index (χ0n) is 22.7. The van der Waals surface area contributed by atoms with Crippen LogP contribution in [0.5, 0.6) is 0 Å². The van der Waals surface area contributed by atoms with Gasteiger partial charge in [0, 0.05) is 42.0 Å². The summed E-state index contributed by atoms with van der Waals surface area (Å²) in [6, 6.07) is 9.88. The third-order valence-electron chi connectivity index (χ3n) is 7.27. The van der Waals surface area contributed by atoms with E-state index in [2.05, 4.69) is 16.4 Å². The lowest BCUT2D eigenvalue weighted by Crippen LogP contribution is -2.50. The van der Waals surface area contributed by atoms with Crippen molar-refractivity contribution in [3.63, 3.8) is 0 Å². The molecule has 5 rings (SSSR count). The first-order valence-corrected chi connectivity index (χ1v) is 13.0. The maximum atomic E-state index is 13.3. The number of fused-ring (bicyclic) bond motifs is 5. The number of nitrogens with zero attached hydrogens (tertiary/aromatic N) is 3.